The van der Waals surface area contributed by atoms with Gasteiger partial charge in [-0.05, 0) is 42.2 Å². The van der Waals surface area contributed by atoms with E-state index >= 15 is 0 Å². The third kappa shape index (κ3) is 5.66. The molecule has 0 radical (unpaired) electrons. The number of unbranched alkanes of at least 4 members (excludes halogenated alkanes) is 7. The normalized spacial score (nSPS) is 11.3. The summed E-state index contributed by atoms with van der Waals surface area (Å²) >= 11 is 0. The minimum Gasteiger partial charge on any atom is -0.261 e. The molecule has 0 spiro atoms. The fraction of sp³-hybridized carbons (Fsp3) is 0.357. The Hall–Kier alpha value is -2.74. The molecular formula is C28H33N2+. The van der Waals surface area contributed by atoms with Gasteiger partial charge < -0.3 is 0 Å². The molecule has 0 aliphatic heterocycles. The van der Waals surface area contributed by atoms with E-state index in [1.54, 1.807) is 0 Å². The van der Waals surface area contributed by atoms with Gasteiger partial charge in [0, 0.05) is 35.2 Å². The Morgan fingerprint density at radius 2 is 1.27 bits per heavy atom. The molecule has 2 heterocycles. The molecule has 2 aromatic carbocycles. The van der Waals surface area contributed by atoms with Crippen molar-refractivity contribution < 1.29 is 4.57 Å². The minimum atomic E-state index is 1.10. The summed E-state index contributed by atoms with van der Waals surface area (Å²) in [6.45, 7) is 1.13. The van der Waals surface area contributed by atoms with Gasteiger partial charge in [0.1, 0.15) is 6.54 Å². The Morgan fingerprint density at radius 3 is 2.10 bits per heavy atom. The zero-order chi connectivity index (χ0) is 20.4. The van der Waals surface area contributed by atoms with Crippen molar-refractivity contribution in [2.75, 3.05) is 0 Å². The summed E-state index contributed by atoms with van der Waals surface area (Å²) < 4.78 is 2.34. The van der Waals surface area contributed by atoms with Crippen molar-refractivity contribution in [3.63, 3.8) is 0 Å². The number of hydrogen-bond acceptors (Lipinski definition) is 1. The Bertz CT molecular complexity index is 1060. The van der Waals surface area contributed by atoms with Crippen LogP contribution in [0.15, 0.2) is 79.3 Å². The fourth-order valence-corrected chi connectivity index (χ4v) is 4.35. The molecule has 2 aromatic heterocycles. The maximum atomic E-state index is 4.61. The van der Waals surface area contributed by atoms with Gasteiger partial charge in [-0.25, -0.2) is 4.57 Å². The van der Waals surface area contributed by atoms with Gasteiger partial charge in [0.15, 0.2) is 12.4 Å². The lowest BCUT2D eigenvalue weighted by Gasteiger charge is -2.05. The van der Waals surface area contributed by atoms with Crippen LogP contribution in [0, 0.1) is 0 Å². The van der Waals surface area contributed by atoms with Crippen molar-refractivity contribution in [3.8, 4) is 0 Å². The first-order chi connectivity index (χ1) is 14.9. The van der Waals surface area contributed by atoms with E-state index in [4.69, 9.17) is 0 Å². The molecule has 154 valence electrons. The van der Waals surface area contributed by atoms with Crippen LogP contribution in [0.3, 0.4) is 0 Å². The van der Waals surface area contributed by atoms with Crippen LogP contribution in [0.2, 0.25) is 0 Å². The average Bonchev–Trinajstić information content (AvgIpc) is 2.80. The van der Waals surface area contributed by atoms with E-state index in [1.165, 1.54) is 78.6 Å². The summed E-state index contributed by atoms with van der Waals surface area (Å²) in [7, 11) is 0. The molecule has 4 rings (SSSR count). The second-order valence-electron chi connectivity index (χ2n) is 8.37. The van der Waals surface area contributed by atoms with E-state index in [0.717, 1.165) is 13.0 Å². The lowest BCUT2D eigenvalue weighted by atomic mass is 10.0. The van der Waals surface area contributed by atoms with Crippen LogP contribution in [-0.2, 0) is 13.0 Å². The van der Waals surface area contributed by atoms with Crippen molar-refractivity contribution in [2.24, 2.45) is 0 Å². The first-order valence-corrected chi connectivity index (χ1v) is 11.6. The average molecular weight is 398 g/mol. The number of aryl methyl sites for hydroxylation is 2. The molecule has 0 amide bonds. The predicted octanol–water partition coefficient (Wildman–Crippen LogP) is 7.04. The van der Waals surface area contributed by atoms with Crippen LogP contribution < -0.4 is 4.57 Å². The van der Waals surface area contributed by atoms with Gasteiger partial charge in [-0.2, -0.15) is 0 Å². The summed E-state index contributed by atoms with van der Waals surface area (Å²) in [5.41, 5.74) is 1.26. The lowest BCUT2D eigenvalue weighted by Crippen LogP contribution is -2.32. The third-order valence-corrected chi connectivity index (χ3v) is 6.08. The smallest absolute Gasteiger partial charge is 0.176 e. The van der Waals surface area contributed by atoms with Crippen molar-refractivity contribution >= 4 is 21.5 Å². The predicted molar refractivity (Wildman–Crippen MR) is 127 cm³/mol. The quantitative estimate of drug-likeness (QED) is 0.196. The Kier molecular flexibility index (Phi) is 7.44. The van der Waals surface area contributed by atoms with Gasteiger partial charge in [0.05, 0.1) is 0 Å². The van der Waals surface area contributed by atoms with Crippen LogP contribution in [-0.4, -0.2) is 4.98 Å². The number of aromatic nitrogens is 2. The lowest BCUT2D eigenvalue weighted by molar-refractivity contribution is -0.696. The molecule has 0 unspecified atom stereocenters. The molecule has 2 nitrogen and oxygen atoms in total. The van der Waals surface area contributed by atoms with E-state index in [2.05, 4.69) is 82.6 Å². The third-order valence-electron chi connectivity index (χ3n) is 6.08. The molecule has 0 N–H and O–H groups in total. The van der Waals surface area contributed by atoms with Gasteiger partial charge >= 0.3 is 0 Å². The van der Waals surface area contributed by atoms with Crippen LogP contribution in [0.25, 0.3) is 21.5 Å². The van der Waals surface area contributed by atoms with Gasteiger partial charge in [-0.15, -0.1) is 0 Å². The zero-order valence-electron chi connectivity index (χ0n) is 18.0. The van der Waals surface area contributed by atoms with E-state index in [0.29, 0.717) is 0 Å². The van der Waals surface area contributed by atoms with E-state index in [-0.39, 0.29) is 0 Å². The highest BCUT2D eigenvalue weighted by Crippen LogP contribution is 2.19. The number of pyridine rings is 2. The molecule has 0 saturated heterocycles. The summed E-state index contributed by atoms with van der Waals surface area (Å²) in [6, 6.07) is 21.5. The van der Waals surface area contributed by atoms with Crippen LogP contribution >= 0.6 is 0 Å². The molecule has 0 saturated carbocycles. The topological polar surface area (TPSA) is 16.8 Å². The van der Waals surface area contributed by atoms with Crippen LogP contribution in [0.4, 0.5) is 0 Å². The van der Waals surface area contributed by atoms with Gasteiger partial charge in [-0.1, -0.05) is 74.6 Å². The first kappa shape index (κ1) is 20.5. The summed E-state index contributed by atoms with van der Waals surface area (Å²) in [5.74, 6) is 0. The summed E-state index contributed by atoms with van der Waals surface area (Å²) in [5, 5.41) is 5.29. The standard InChI is InChI=1S/C28H33N2/c1(3-5-7-17-28-27-16-11-10-14-25(27)18-20-29-28)2-4-6-12-21-30-22-19-24-13-8-9-15-26(24)23-30/h8-11,13-16,18-20,22-23H,1-7,12,17,21H2/q+1. The summed E-state index contributed by atoms with van der Waals surface area (Å²) in [4.78, 5) is 4.61. The highest BCUT2D eigenvalue weighted by atomic mass is 14.9. The van der Waals surface area contributed by atoms with Gasteiger partial charge in [-0.3, -0.25) is 4.98 Å². The molecule has 0 aliphatic rings. The Morgan fingerprint density at radius 1 is 0.600 bits per heavy atom. The number of rotatable bonds is 11. The van der Waals surface area contributed by atoms with Crippen molar-refractivity contribution in [1.29, 1.82) is 0 Å². The van der Waals surface area contributed by atoms with Crippen molar-refractivity contribution in [2.45, 2.75) is 64.3 Å². The first-order valence-electron chi connectivity index (χ1n) is 11.6. The SMILES string of the molecule is c1ccc2c[n+](CCCCCCCCCCc3nccc4ccccc34)ccc2c1. The maximum absolute atomic E-state index is 4.61. The van der Waals surface area contributed by atoms with E-state index in [9.17, 15) is 0 Å². The van der Waals surface area contributed by atoms with Crippen molar-refractivity contribution in [3.05, 3.63) is 84.9 Å². The molecule has 4 aromatic rings. The largest absolute Gasteiger partial charge is 0.261 e. The van der Waals surface area contributed by atoms with Crippen LogP contribution in [0.1, 0.15) is 57.1 Å². The Balaban J connectivity index is 1.06. The molecular weight excluding hydrogens is 364 g/mol. The Labute approximate surface area is 180 Å². The highest BCUT2D eigenvalue weighted by Gasteiger charge is 2.03. The van der Waals surface area contributed by atoms with Gasteiger partial charge in [0.25, 0.3) is 0 Å². The zero-order valence-corrected chi connectivity index (χ0v) is 18.0. The molecule has 0 aliphatic carbocycles. The molecule has 0 atom stereocenters. The number of hydrogen-bond donors (Lipinski definition) is 0. The van der Waals surface area contributed by atoms with Crippen molar-refractivity contribution in [1.82, 2.24) is 4.98 Å². The number of fused-ring (bicyclic) bond motifs is 2. The second kappa shape index (κ2) is 10.9. The van der Waals surface area contributed by atoms with E-state index < -0.39 is 0 Å². The molecule has 0 fully saturated rings. The molecule has 30 heavy (non-hydrogen) atoms. The minimum absolute atomic E-state index is 1.10. The summed E-state index contributed by atoms with van der Waals surface area (Å²) in [6.07, 6.45) is 18.2. The second-order valence-corrected chi connectivity index (χ2v) is 8.37. The maximum Gasteiger partial charge on any atom is 0.176 e. The highest BCUT2D eigenvalue weighted by molar-refractivity contribution is 5.84. The molecule has 2 heteroatoms. The van der Waals surface area contributed by atoms with Gasteiger partial charge in [0.2, 0.25) is 0 Å². The monoisotopic (exact) mass is 397 g/mol. The number of benzene rings is 2. The fourth-order valence-electron chi connectivity index (χ4n) is 4.35. The number of nitrogens with zero attached hydrogens (tertiary/aromatic N) is 2. The molecule has 0 bridgehead atoms. The van der Waals surface area contributed by atoms with E-state index in [1.807, 2.05) is 6.20 Å². The van der Waals surface area contributed by atoms with Crippen LogP contribution in [0.5, 0.6) is 0 Å².